The lowest BCUT2D eigenvalue weighted by molar-refractivity contribution is -0.135. The van der Waals surface area contributed by atoms with Crippen LogP contribution in [-0.2, 0) is 14.3 Å². The first-order valence-corrected chi connectivity index (χ1v) is 24.3. The Bertz CT molecular complexity index is 2430. The number of H-pyrrole nitrogens is 2. The van der Waals surface area contributed by atoms with Crippen molar-refractivity contribution >= 4 is 47.8 Å². The standard InChI is InChI=1S/C45H56F2N8O5Si/c1-25(2)36(49-39(57)22-56)21-54-20-30(46)18-37(54)43-50-34-13-10-28-16-27(8-12-32(28)41(34)52-43)31-11-9-29(17-33(31)47)35-19-48-42(51-35)38-23-61(14-6-7-15-61)24-55(38)44(58)40(26(3)4)53-45(59)60-5/h8-13,16-17,19,25-26,30,36-38,40,56H,6-7,14-15,18,20-24H2,1-5H3,(H,48,51)(H,49,57)(H,50,52)(H,53,59)/t30-,36-,37+,38+,40+/m1/s1. The molecule has 0 saturated carbocycles. The molecule has 3 aliphatic heterocycles. The molecule has 0 bridgehead atoms. The summed E-state index contributed by atoms with van der Waals surface area (Å²) in [6, 6.07) is 16.5. The number of methoxy groups -OCH3 is 1. The van der Waals surface area contributed by atoms with Crippen LogP contribution in [0, 0.1) is 17.7 Å². The Balaban J connectivity index is 1.02. The maximum atomic E-state index is 16.1. The number of nitrogens with zero attached hydrogens (tertiary/aromatic N) is 4. The highest BCUT2D eigenvalue weighted by Crippen LogP contribution is 2.46. The Morgan fingerprint density at radius 3 is 2.44 bits per heavy atom. The van der Waals surface area contributed by atoms with Crippen molar-refractivity contribution in [3.8, 4) is 22.4 Å². The highest BCUT2D eigenvalue weighted by molar-refractivity contribution is 6.81. The second kappa shape index (κ2) is 17.3. The second-order valence-corrected chi connectivity index (χ2v) is 22.8. The number of alkyl halides is 1. The van der Waals surface area contributed by atoms with E-state index in [9.17, 15) is 23.9 Å². The van der Waals surface area contributed by atoms with Crippen LogP contribution in [0.3, 0.4) is 0 Å². The zero-order valence-corrected chi connectivity index (χ0v) is 36.4. The van der Waals surface area contributed by atoms with Crippen LogP contribution in [0.25, 0.3) is 44.2 Å². The van der Waals surface area contributed by atoms with Crippen LogP contribution in [-0.4, -0.2) is 112 Å². The number of benzene rings is 3. The van der Waals surface area contributed by atoms with Crippen molar-refractivity contribution in [1.82, 2.24) is 40.4 Å². The van der Waals surface area contributed by atoms with Crippen molar-refractivity contribution in [2.75, 3.05) is 33.0 Å². The molecular formula is C45H56F2N8O5Si. The van der Waals surface area contributed by atoms with E-state index in [1.807, 2.05) is 73.9 Å². The average Bonchev–Trinajstić information content (AvgIpc) is 4.10. The molecule has 3 amide bonds. The summed E-state index contributed by atoms with van der Waals surface area (Å²) in [4.78, 5) is 58.9. The van der Waals surface area contributed by atoms with Crippen LogP contribution in [0.1, 0.15) is 70.7 Å². The summed E-state index contributed by atoms with van der Waals surface area (Å²) >= 11 is 0. The highest BCUT2D eigenvalue weighted by atomic mass is 28.3. The molecule has 13 nitrogen and oxygen atoms in total. The van der Waals surface area contributed by atoms with Crippen LogP contribution < -0.4 is 10.6 Å². The number of aliphatic hydroxyl groups is 1. The van der Waals surface area contributed by atoms with Crippen molar-refractivity contribution in [2.24, 2.45) is 11.8 Å². The fraction of sp³-hybridized carbons (Fsp3) is 0.489. The van der Waals surface area contributed by atoms with Crippen LogP contribution in [0.4, 0.5) is 13.6 Å². The number of carbonyl (C=O) groups excluding carboxylic acids is 3. The number of fused-ring (bicyclic) bond motifs is 3. The van der Waals surface area contributed by atoms with Crippen molar-refractivity contribution in [2.45, 2.75) is 95.4 Å². The van der Waals surface area contributed by atoms with Gasteiger partial charge in [0.2, 0.25) is 11.8 Å². The summed E-state index contributed by atoms with van der Waals surface area (Å²) in [5, 5.41) is 16.7. The van der Waals surface area contributed by atoms with Gasteiger partial charge in [-0.25, -0.2) is 23.5 Å². The molecule has 61 heavy (non-hydrogen) atoms. The summed E-state index contributed by atoms with van der Waals surface area (Å²) in [6.45, 7) is 7.81. The number of nitrogens with one attached hydrogen (secondary N) is 4. The van der Waals surface area contributed by atoms with Gasteiger partial charge in [0.1, 0.15) is 36.3 Å². The molecule has 3 saturated heterocycles. The monoisotopic (exact) mass is 854 g/mol. The fourth-order valence-corrected chi connectivity index (χ4v) is 15.3. The van der Waals surface area contributed by atoms with Gasteiger partial charge in [-0.05, 0) is 47.0 Å². The number of aliphatic hydroxyl groups excluding tert-OH is 1. The first kappa shape index (κ1) is 42.5. The Morgan fingerprint density at radius 2 is 1.74 bits per heavy atom. The third kappa shape index (κ3) is 8.54. The summed E-state index contributed by atoms with van der Waals surface area (Å²) < 4.78 is 35.9. The maximum Gasteiger partial charge on any atom is 0.407 e. The molecule has 3 aliphatic rings. The van der Waals surface area contributed by atoms with Gasteiger partial charge in [-0.2, -0.15) is 0 Å². The minimum Gasteiger partial charge on any atom is -0.453 e. The molecule has 3 aromatic carbocycles. The molecule has 5 heterocycles. The van der Waals surface area contributed by atoms with E-state index in [1.165, 1.54) is 38.1 Å². The summed E-state index contributed by atoms with van der Waals surface area (Å²) in [5.41, 5.74) is 3.98. The zero-order chi connectivity index (χ0) is 43.2. The molecule has 0 aliphatic carbocycles. The van der Waals surface area contributed by atoms with E-state index in [-0.39, 0.29) is 48.8 Å². The summed E-state index contributed by atoms with van der Waals surface area (Å²) in [6.07, 6.45) is 3.37. The third-order valence-corrected chi connectivity index (χ3v) is 18.3. The number of ether oxygens (including phenoxy) is 1. The molecule has 8 rings (SSSR count). The second-order valence-electron chi connectivity index (χ2n) is 18.0. The lowest BCUT2D eigenvalue weighted by Gasteiger charge is -2.30. The number of alkyl carbamates (subject to hydrolysis) is 1. The van der Waals surface area contributed by atoms with E-state index in [0.29, 0.717) is 40.6 Å². The topological polar surface area (TPSA) is 169 Å². The van der Waals surface area contributed by atoms with Gasteiger partial charge in [0.25, 0.3) is 0 Å². The van der Waals surface area contributed by atoms with Crippen LogP contribution in [0.5, 0.6) is 0 Å². The predicted octanol–water partition coefficient (Wildman–Crippen LogP) is 7.18. The van der Waals surface area contributed by atoms with Crippen LogP contribution >= 0.6 is 0 Å². The lowest BCUT2D eigenvalue weighted by Crippen LogP contribution is -2.52. The number of halogens is 2. The highest BCUT2D eigenvalue weighted by Gasteiger charge is 2.51. The number of likely N-dealkylation sites (tertiary alicyclic amines) is 1. The van der Waals surface area contributed by atoms with E-state index in [4.69, 9.17) is 14.7 Å². The Hall–Kier alpha value is -5.19. The largest absolute Gasteiger partial charge is 0.453 e. The van der Waals surface area contributed by atoms with E-state index in [1.54, 1.807) is 12.3 Å². The third-order valence-electron chi connectivity index (χ3n) is 13.2. The van der Waals surface area contributed by atoms with Crippen LogP contribution in [0.15, 0.2) is 54.7 Å². The molecule has 324 valence electrons. The van der Waals surface area contributed by atoms with Gasteiger partial charge < -0.3 is 35.3 Å². The van der Waals surface area contributed by atoms with Gasteiger partial charge in [0, 0.05) is 48.2 Å². The molecule has 5 atom stereocenters. The quantitative estimate of drug-likeness (QED) is 0.0824. The van der Waals surface area contributed by atoms with Gasteiger partial charge in [0.15, 0.2) is 0 Å². The normalized spacial score (nSPS) is 21.3. The lowest BCUT2D eigenvalue weighted by atomic mass is 9.98. The van der Waals surface area contributed by atoms with Crippen molar-refractivity contribution in [3.05, 3.63) is 72.2 Å². The van der Waals surface area contributed by atoms with Crippen LogP contribution in [0.2, 0.25) is 18.1 Å². The summed E-state index contributed by atoms with van der Waals surface area (Å²) in [5.74, 6) is 0.261. The Kier molecular flexibility index (Phi) is 12.0. The number of carbonyl (C=O) groups is 3. The van der Waals surface area contributed by atoms with Gasteiger partial charge in [-0.15, -0.1) is 0 Å². The first-order valence-electron chi connectivity index (χ1n) is 21.5. The number of hydrogen-bond acceptors (Lipinski definition) is 8. The molecule has 3 fully saturated rings. The van der Waals surface area contributed by atoms with E-state index >= 15 is 4.39 Å². The zero-order valence-electron chi connectivity index (χ0n) is 35.4. The van der Waals surface area contributed by atoms with E-state index < -0.39 is 44.7 Å². The minimum absolute atomic E-state index is 0.0722. The number of aromatic amines is 2. The summed E-state index contributed by atoms with van der Waals surface area (Å²) in [7, 11) is -0.462. The van der Waals surface area contributed by atoms with Gasteiger partial charge >= 0.3 is 6.09 Å². The van der Waals surface area contributed by atoms with Gasteiger partial charge in [0.05, 0.1) is 50.2 Å². The molecule has 0 unspecified atom stereocenters. The molecule has 16 heteroatoms. The Labute approximate surface area is 355 Å². The molecule has 5 aromatic rings. The average molecular weight is 855 g/mol. The molecule has 0 radical (unpaired) electrons. The first-order chi connectivity index (χ1) is 29.3. The minimum atomic E-state index is -1.75. The molecule has 2 aromatic heterocycles. The fourth-order valence-electron chi connectivity index (χ4n) is 9.88. The number of amides is 3. The molecular weight excluding hydrogens is 799 g/mol. The number of imidazole rings is 2. The SMILES string of the molecule is COC(=O)N[C@H](C(=O)N1C[Si]2(CCCC2)C[C@H]1c1ncc(-c2ccc(-c3ccc4c(ccc5[nH]c([C@@H]6C[C@@H](F)CN6C[C@@H](NC(=O)CO)C(C)C)nc54)c3)c(F)c2)[nH]1)C(C)C. The van der Waals surface area contributed by atoms with Gasteiger partial charge in [-0.3, -0.25) is 14.5 Å². The van der Waals surface area contributed by atoms with Crippen molar-refractivity contribution < 1.29 is 33.0 Å². The van der Waals surface area contributed by atoms with Gasteiger partial charge in [-0.1, -0.05) is 83.0 Å². The number of hydrogen-bond donors (Lipinski definition) is 5. The van der Waals surface area contributed by atoms with E-state index in [0.717, 1.165) is 34.0 Å². The number of aromatic nitrogens is 4. The molecule has 1 spiro atoms. The Morgan fingerprint density at radius 1 is 0.967 bits per heavy atom. The smallest absolute Gasteiger partial charge is 0.407 e. The van der Waals surface area contributed by atoms with E-state index in [2.05, 4.69) is 20.6 Å². The maximum absolute atomic E-state index is 16.1. The number of rotatable bonds is 12. The van der Waals surface area contributed by atoms with Crippen molar-refractivity contribution in [3.63, 3.8) is 0 Å². The molecule has 5 N–H and O–H groups in total. The van der Waals surface area contributed by atoms with Crippen molar-refractivity contribution in [1.29, 1.82) is 0 Å². The predicted molar refractivity (Wildman–Crippen MR) is 232 cm³/mol.